The average Bonchev–Trinajstić information content (AvgIpc) is 2.95. The summed E-state index contributed by atoms with van der Waals surface area (Å²) in [6.45, 7) is 7.01. The van der Waals surface area contributed by atoms with E-state index < -0.39 is 38.6 Å². The second kappa shape index (κ2) is 13.5. The number of rotatable bonds is 10. The minimum Gasteiger partial charge on any atom is -0.349 e. The van der Waals surface area contributed by atoms with Crippen molar-refractivity contribution in [2.75, 3.05) is 0 Å². The van der Waals surface area contributed by atoms with Gasteiger partial charge in [0.25, 0.3) is 0 Å². The highest BCUT2D eigenvalue weighted by molar-refractivity contribution is 7.89. The average molecular weight is 627 g/mol. The van der Waals surface area contributed by atoms with Gasteiger partial charge in [-0.1, -0.05) is 42.5 Å². The summed E-state index contributed by atoms with van der Waals surface area (Å²) in [5, 5.41) is 16.1. The number of amides is 1. The smallest absolute Gasteiger partial charge is 0.349 e. The van der Waals surface area contributed by atoms with Crippen molar-refractivity contribution in [3.63, 3.8) is 0 Å². The van der Waals surface area contributed by atoms with Gasteiger partial charge in [-0.05, 0) is 93.0 Å². The van der Waals surface area contributed by atoms with Crippen molar-refractivity contribution in [2.24, 2.45) is 0 Å². The second-order valence-corrected chi connectivity index (χ2v) is 13.9. The number of hydrogen-bond acceptors (Lipinski definition) is 5. The van der Waals surface area contributed by atoms with Crippen LogP contribution in [0.15, 0.2) is 71.6 Å². The quantitative estimate of drug-likeness (QED) is 0.258. The van der Waals surface area contributed by atoms with E-state index in [4.69, 9.17) is 0 Å². The van der Waals surface area contributed by atoms with Crippen LogP contribution in [0.5, 0.6) is 0 Å². The summed E-state index contributed by atoms with van der Waals surface area (Å²) >= 11 is 0. The summed E-state index contributed by atoms with van der Waals surface area (Å²) in [5.41, 5.74) is 3.01. The molecule has 3 N–H and O–H groups in total. The summed E-state index contributed by atoms with van der Waals surface area (Å²) in [6, 6.07) is 17.0. The van der Waals surface area contributed by atoms with Crippen LogP contribution < -0.4 is 15.4 Å². The molecule has 0 saturated carbocycles. The number of aryl methyl sites for hydroxylation is 1. The van der Waals surface area contributed by atoms with Gasteiger partial charge in [-0.2, -0.15) is 18.4 Å². The normalized spacial score (nSPS) is 16.1. The van der Waals surface area contributed by atoms with Gasteiger partial charge in [0.05, 0.1) is 28.1 Å². The molecule has 7 nitrogen and oxygen atoms in total. The zero-order valence-electron chi connectivity index (χ0n) is 25.0. The second-order valence-electron chi connectivity index (χ2n) is 12.2. The first-order chi connectivity index (χ1) is 20.6. The van der Waals surface area contributed by atoms with Crippen LogP contribution in [0.25, 0.3) is 0 Å². The lowest BCUT2D eigenvalue weighted by Crippen LogP contribution is -2.41. The third-order valence-corrected chi connectivity index (χ3v) is 9.03. The van der Waals surface area contributed by atoms with Crippen LogP contribution in [0.1, 0.15) is 79.5 Å². The fourth-order valence-electron chi connectivity index (χ4n) is 5.33. The highest BCUT2D eigenvalue weighted by atomic mass is 32.2. The Bertz CT molecular complexity index is 1640. The lowest BCUT2D eigenvalue weighted by molar-refractivity contribution is -0.137. The molecular formula is C33H37F3N4O3S. The molecule has 3 aromatic rings. The lowest BCUT2D eigenvalue weighted by Gasteiger charge is -2.28. The largest absolute Gasteiger partial charge is 0.416 e. The van der Waals surface area contributed by atoms with E-state index in [1.54, 1.807) is 24.3 Å². The minimum atomic E-state index is -4.73. The number of nitriles is 1. The van der Waals surface area contributed by atoms with Crippen LogP contribution in [0.4, 0.5) is 13.2 Å². The van der Waals surface area contributed by atoms with Crippen molar-refractivity contribution in [3.8, 4) is 6.07 Å². The highest BCUT2D eigenvalue weighted by Crippen LogP contribution is 2.32. The van der Waals surface area contributed by atoms with Crippen molar-refractivity contribution in [3.05, 3.63) is 100 Å². The molecular weight excluding hydrogens is 589 g/mol. The number of fused-ring (bicyclic) bond motifs is 1. The monoisotopic (exact) mass is 626 g/mol. The molecule has 3 aromatic carbocycles. The molecule has 2 atom stereocenters. The Morgan fingerprint density at radius 1 is 1.05 bits per heavy atom. The van der Waals surface area contributed by atoms with Crippen LogP contribution >= 0.6 is 0 Å². The van der Waals surface area contributed by atoms with Crippen LogP contribution in [0.2, 0.25) is 0 Å². The molecule has 1 amide bonds. The number of alkyl halides is 3. The molecule has 0 radical (unpaired) electrons. The van der Waals surface area contributed by atoms with Crippen molar-refractivity contribution >= 4 is 15.9 Å². The number of halogens is 3. The third kappa shape index (κ3) is 8.91. The Morgan fingerprint density at radius 3 is 2.50 bits per heavy atom. The van der Waals surface area contributed by atoms with E-state index >= 15 is 0 Å². The van der Waals surface area contributed by atoms with Crippen LogP contribution in [0.3, 0.4) is 0 Å². The van der Waals surface area contributed by atoms with E-state index in [2.05, 4.69) is 48.3 Å². The summed E-state index contributed by atoms with van der Waals surface area (Å²) < 4.78 is 68.9. The standard InChI is InChI=1S/C33H37F3N4O3S/c1-32(2,3)38-21-22-14-15-29-24(16-22)10-6-13-30(29)39-31(41)19-27(17-23-8-4-5-9-25(23)20-37)40-44(42,43)28-12-7-11-26(18-28)33(34,35)36/h4-5,7-9,11-12,14-16,18,27,30,38,40H,6,10,13,17,19,21H2,1-3H3,(H,39,41)/t27-,30+/m0/s1. The van der Waals surface area contributed by atoms with Gasteiger partial charge in [0.15, 0.2) is 0 Å². The Balaban J connectivity index is 1.54. The van der Waals surface area contributed by atoms with Crippen LogP contribution in [-0.2, 0) is 40.4 Å². The zero-order chi connectivity index (χ0) is 32.1. The van der Waals surface area contributed by atoms with Gasteiger partial charge in [-0.15, -0.1) is 0 Å². The van der Waals surface area contributed by atoms with Gasteiger partial charge in [-0.3, -0.25) is 4.79 Å². The first-order valence-electron chi connectivity index (χ1n) is 14.5. The number of carbonyl (C=O) groups excluding carboxylic acids is 1. The van der Waals surface area contributed by atoms with Gasteiger partial charge in [0.1, 0.15) is 0 Å². The van der Waals surface area contributed by atoms with E-state index in [9.17, 15) is 31.6 Å². The van der Waals surface area contributed by atoms with Crippen molar-refractivity contribution < 1.29 is 26.4 Å². The molecule has 0 unspecified atom stereocenters. The number of carbonyl (C=O) groups is 1. The molecule has 0 aromatic heterocycles. The van der Waals surface area contributed by atoms with Gasteiger partial charge in [0, 0.05) is 24.5 Å². The first-order valence-corrected chi connectivity index (χ1v) is 16.0. The van der Waals surface area contributed by atoms with Crippen molar-refractivity contribution in [1.82, 2.24) is 15.4 Å². The zero-order valence-corrected chi connectivity index (χ0v) is 25.8. The number of nitrogens with zero attached hydrogens (tertiary/aromatic N) is 1. The molecule has 0 spiro atoms. The highest BCUT2D eigenvalue weighted by Gasteiger charge is 2.33. The van der Waals surface area contributed by atoms with E-state index in [0.29, 0.717) is 23.7 Å². The molecule has 44 heavy (non-hydrogen) atoms. The van der Waals surface area contributed by atoms with Crippen molar-refractivity contribution in [2.45, 2.75) is 88.1 Å². The van der Waals surface area contributed by atoms with E-state index in [-0.39, 0.29) is 24.4 Å². The fraction of sp³-hybridized carbons (Fsp3) is 0.394. The molecule has 0 fully saturated rings. The fourth-order valence-corrected chi connectivity index (χ4v) is 6.61. The molecule has 0 saturated heterocycles. The Kier molecular flexibility index (Phi) is 10.2. The van der Waals surface area contributed by atoms with Crippen LogP contribution in [0, 0.1) is 11.3 Å². The maximum Gasteiger partial charge on any atom is 0.416 e. The van der Waals surface area contributed by atoms with Gasteiger partial charge in [0.2, 0.25) is 15.9 Å². The predicted molar refractivity (Wildman–Crippen MR) is 162 cm³/mol. The van der Waals surface area contributed by atoms with Crippen LogP contribution in [-0.4, -0.2) is 25.9 Å². The Hall–Kier alpha value is -3.72. The molecule has 0 heterocycles. The number of hydrogen-bond donors (Lipinski definition) is 3. The predicted octanol–water partition coefficient (Wildman–Crippen LogP) is 5.94. The van der Waals surface area contributed by atoms with Gasteiger partial charge in [-0.25, -0.2) is 13.1 Å². The van der Waals surface area contributed by atoms with Gasteiger partial charge >= 0.3 is 6.18 Å². The molecule has 0 aliphatic heterocycles. The Labute approximate surface area is 256 Å². The molecule has 1 aliphatic rings. The molecule has 234 valence electrons. The van der Waals surface area contributed by atoms with E-state index in [1.807, 2.05) is 12.1 Å². The summed E-state index contributed by atoms with van der Waals surface area (Å²) in [6.07, 6.45) is -2.55. The first kappa shape index (κ1) is 33.2. The maximum atomic E-state index is 13.4. The molecule has 1 aliphatic carbocycles. The molecule has 4 rings (SSSR count). The van der Waals surface area contributed by atoms with Gasteiger partial charge < -0.3 is 10.6 Å². The number of nitrogens with one attached hydrogen (secondary N) is 3. The molecule has 11 heteroatoms. The lowest BCUT2D eigenvalue weighted by atomic mass is 9.86. The maximum absolute atomic E-state index is 13.4. The summed E-state index contributed by atoms with van der Waals surface area (Å²) in [5.74, 6) is -0.410. The number of sulfonamides is 1. The van der Waals surface area contributed by atoms with E-state index in [0.717, 1.165) is 54.2 Å². The molecule has 0 bridgehead atoms. The third-order valence-electron chi connectivity index (χ3n) is 7.51. The van der Waals surface area contributed by atoms with E-state index in [1.165, 1.54) is 0 Å². The SMILES string of the molecule is CC(C)(C)NCc1ccc2c(c1)CCC[C@H]2NC(=O)C[C@H](Cc1ccccc1C#N)NS(=O)(=O)c1cccc(C(F)(F)F)c1. The minimum absolute atomic E-state index is 0.0132. The number of benzene rings is 3. The summed E-state index contributed by atoms with van der Waals surface area (Å²) in [4.78, 5) is 12.8. The van der Waals surface area contributed by atoms with Crippen molar-refractivity contribution in [1.29, 1.82) is 5.26 Å². The Morgan fingerprint density at radius 2 is 1.80 bits per heavy atom. The summed E-state index contributed by atoms with van der Waals surface area (Å²) in [7, 11) is -4.45. The topological polar surface area (TPSA) is 111 Å².